The molecule has 0 saturated carbocycles. The first kappa shape index (κ1) is 27.8. The van der Waals surface area contributed by atoms with Crippen LogP contribution in [0.1, 0.15) is 18.1 Å². The highest BCUT2D eigenvalue weighted by Gasteiger charge is 2.30. The molecule has 0 aliphatic rings. The van der Waals surface area contributed by atoms with Crippen molar-refractivity contribution in [2.24, 2.45) is 0 Å². The van der Waals surface area contributed by atoms with Crippen molar-refractivity contribution in [2.45, 2.75) is 31.7 Å². The molecule has 0 spiro atoms. The maximum Gasteiger partial charge on any atom is 0.261 e. The summed E-state index contributed by atoms with van der Waals surface area (Å²) in [6.07, 6.45) is 1.04. The molecule has 3 aromatic rings. The number of carbonyl (C=O) groups is 1. The molecule has 0 heterocycles. The molecule has 192 valence electrons. The number of nitrogens with one attached hydrogen (secondary N) is 2. The number of sulfonamides is 2. The Bertz CT molecular complexity index is 1490. The maximum atomic E-state index is 13.0. The van der Waals surface area contributed by atoms with Crippen LogP contribution in [0.3, 0.4) is 0 Å². The van der Waals surface area contributed by atoms with Gasteiger partial charge in [-0.2, -0.15) is 0 Å². The predicted molar refractivity (Wildman–Crippen MR) is 145 cm³/mol. The second-order valence-electron chi connectivity index (χ2n) is 8.30. The molecule has 1 amide bonds. The Kier molecular flexibility index (Phi) is 8.24. The summed E-state index contributed by atoms with van der Waals surface area (Å²) < 4.78 is 54.1. The molecule has 3 rings (SSSR count). The van der Waals surface area contributed by atoms with Gasteiger partial charge in [0.05, 0.1) is 22.5 Å². The number of carbonyl (C=O) groups excluding carboxylic acids is 1. The van der Waals surface area contributed by atoms with E-state index < -0.39 is 32.0 Å². The topological polar surface area (TPSA) is 113 Å². The monoisotopic (exact) mass is 569 g/mol. The highest BCUT2D eigenvalue weighted by atomic mass is 35.5. The van der Waals surface area contributed by atoms with Crippen LogP contribution in [0, 0.1) is 13.8 Å². The fourth-order valence-corrected chi connectivity index (χ4v) is 6.32. The van der Waals surface area contributed by atoms with Gasteiger partial charge in [0.25, 0.3) is 10.0 Å². The van der Waals surface area contributed by atoms with E-state index >= 15 is 0 Å². The lowest BCUT2D eigenvalue weighted by molar-refractivity contribution is -0.116. The second kappa shape index (κ2) is 10.7. The molecule has 3 aromatic carbocycles. The highest BCUT2D eigenvalue weighted by molar-refractivity contribution is 7.92. The first-order chi connectivity index (χ1) is 16.7. The lowest BCUT2D eigenvalue weighted by Crippen LogP contribution is -2.45. The highest BCUT2D eigenvalue weighted by Crippen LogP contribution is 2.28. The minimum atomic E-state index is -3.95. The molecule has 0 aliphatic carbocycles. The van der Waals surface area contributed by atoms with Crippen LogP contribution in [-0.4, -0.2) is 35.0 Å². The van der Waals surface area contributed by atoms with Crippen molar-refractivity contribution in [3.05, 3.63) is 81.8 Å². The summed E-state index contributed by atoms with van der Waals surface area (Å²) in [5.74, 6) is -0.580. The minimum absolute atomic E-state index is 0.0576. The third-order valence-corrected chi connectivity index (χ3v) is 8.30. The van der Waals surface area contributed by atoms with Crippen molar-refractivity contribution in [3.8, 4) is 0 Å². The Morgan fingerprint density at radius 2 is 1.44 bits per heavy atom. The molecule has 0 fully saturated rings. The number of hydrogen-bond acceptors (Lipinski definition) is 5. The van der Waals surface area contributed by atoms with Crippen LogP contribution in [0.4, 0.5) is 17.1 Å². The van der Waals surface area contributed by atoms with Gasteiger partial charge in [-0.1, -0.05) is 35.3 Å². The molecule has 1 atom stereocenters. The molecule has 1 unspecified atom stereocenters. The Hall–Kier alpha value is -2.79. The normalized spacial score (nSPS) is 12.6. The molecule has 8 nitrogen and oxygen atoms in total. The first-order valence-electron chi connectivity index (χ1n) is 10.6. The van der Waals surface area contributed by atoms with E-state index in [9.17, 15) is 21.6 Å². The second-order valence-corrected chi connectivity index (χ2v) is 12.7. The molecule has 0 aliphatic heterocycles. The van der Waals surface area contributed by atoms with Crippen molar-refractivity contribution < 1.29 is 21.6 Å². The van der Waals surface area contributed by atoms with E-state index in [2.05, 4.69) is 10.0 Å². The Balaban J connectivity index is 1.80. The zero-order valence-electron chi connectivity index (χ0n) is 19.9. The van der Waals surface area contributed by atoms with Gasteiger partial charge in [0, 0.05) is 15.7 Å². The summed E-state index contributed by atoms with van der Waals surface area (Å²) in [6, 6.07) is 14.0. The predicted octanol–water partition coefficient (Wildman–Crippen LogP) is 5.20. The van der Waals surface area contributed by atoms with E-state index in [1.165, 1.54) is 49.4 Å². The molecule has 0 bridgehead atoms. The van der Waals surface area contributed by atoms with E-state index in [1.807, 2.05) is 13.0 Å². The van der Waals surface area contributed by atoms with E-state index in [4.69, 9.17) is 23.2 Å². The molecule has 0 radical (unpaired) electrons. The van der Waals surface area contributed by atoms with E-state index in [-0.39, 0.29) is 20.6 Å². The number of hydrogen-bond donors (Lipinski definition) is 2. The first-order valence-corrected chi connectivity index (χ1v) is 14.7. The third kappa shape index (κ3) is 6.70. The average molecular weight is 571 g/mol. The SMILES string of the molecule is Cc1ccc(C)c(N(C(C)C(=O)Nc2ccc(S(=O)(=O)Nc3cc(Cl)cc(Cl)c3)cc2)S(C)(=O)=O)c1. The van der Waals surface area contributed by atoms with E-state index in [0.29, 0.717) is 16.9 Å². The van der Waals surface area contributed by atoms with Gasteiger partial charge >= 0.3 is 0 Å². The Labute approximate surface area is 221 Å². The maximum absolute atomic E-state index is 13.0. The van der Waals surface area contributed by atoms with Crippen LogP contribution in [0.5, 0.6) is 0 Å². The number of rotatable bonds is 8. The van der Waals surface area contributed by atoms with Crippen LogP contribution < -0.4 is 14.3 Å². The number of nitrogens with zero attached hydrogens (tertiary/aromatic N) is 1. The largest absolute Gasteiger partial charge is 0.324 e. The lowest BCUT2D eigenvalue weighted by Gasteiger charge is -2.29. The molecular formula is C24H25Cl2N3O5S2. The van der Waals surface area contributed by atoms with Gasteiger partial charge in [-0.3, -0.25) is 13.8 Å². The minimum Gasteiger partial charge on any atom is -0.324 e. The summed E-state index contributed by atoms with van der Waals surface area (Å²) in [4.78, 5) is 12.9. The molecule has 12 heteroatoms. The molecular weight excluding hydrogens is 545 g/mol. The van der Waals surface area contributed by atoms with Crippen LogP contribution in [-0.2, 0) is 24.8 Å². The zero-order chi connectivity index (χ0) is 26.8. The van der Waals surface area contributed by atoms with Gasteiger partial charge in [-0.05, 0) is 80.4 Å². The number of benzene rings is 3. The van der Waals surface area contributed by atoms with Crippen LogP contribution >= 0.6 is 23.2 Å². The zero-order valence-corrected chi connectivity index (χ0v) is 23.1. The van der Waals surface area contributed by atoms with E-state index in [1.54, 1.807) is 19.1 Å². The average Bonchev–Trinajstić information content (AvgIpc) is 2.74. The van der Waals surface area contributed by atoms with Gasteiger partial charge in [-0.25, -0.2) is 16.8 Å². The van der Waals surface area contributed by atoms with E-state index in [0.717, 1.165) is 16.1 Å². The van der Waals surface area contributed by atoms with Gasteiger partial charge in [0.1, 0.15) is 6.04 Å². The van der Waals surface area contributed by atoms with Gasteiger partial charge in [0.2, 0.25) is 15.9 Å². The summed E-state index contributed by atoms with van der Waals surface area (Å²) in [7, 11) is -7.74. The number of aryl methyl sites for hydroxylation is 2. The fourth-order valence-electron chi connectivity index (χ4n) is 3.53. The van der Waals surface area contributed by atoms with Crippen molar-refractivity contribution in [1.29, 1.82) is 0 Å². The van der Waals surface area contributed by atoms with Crippen molar-refractivity contribution in [3.63, 3.8) is 0 Å². The van der Waals surface area contributed by atoms with Crippen LogP contribution in [0.15, 0.2) is 65.6 Å². The van der Waals surface area contributed by atoms with Gasteiger partial charge < -0.3 is 5.32 Å². The standard InChI is InChI=1S/C24H25Cl2N3O5S2/c1-15-5-6-16(2)23(11-15)29(35(4,31)32)17(3)24(30)27-20-7-9-22(10-8-20)36(33,34)28-21-13-18(25)12-19(26)14-21/h5-14,17,28H,1-4H3,(H,27,30). The number of halogens is 2. The Morgan fingerprint density at radius 3 is 2.00 bits per heavy atom. The van der Waals surface area contributed by atoms with Crippen LogP contribution in [0.2, 0.25) is 10.0 Å². The fraction of sp³-hybridized carbons (Fsp3) is 0.208. The molecule has 2 N–H and O–H groups in total. The number of anilines is 3. The van der Waals surface area contributed by atoms with Crippen LogP contribution in [0.25, 0.3) is 0 Å². The summed E-state index contributed by atoms with van der Waals surface area (Å²) >= 11 is 11.8. The summed E-state index contributed by atoms with van der Waals surface area (Å²) in [5.41, 5.74) is 2.46. The third-order valence-electron chi connectivity index (χ3n) is 5.24. The Morgan fingerprint density at radius 1 is 0.861 bits per heavy atom. The van der Waals surface area contributed by atoms with Crippen molar-refractivity contribution in [2.75, 3.05) is 20.6 Å². The summed E-state index contributed by atoms with van der Waals surface area (Å²) in [5, 5.41) is 3.20. The molecule has 0 aromatic heterocycles. The number of amides is 1. The van der Waals surface area contributed by atoms with Crippen molar-refractivity contribution >= 4 is 66.2 Å². The quantitative estimate of drug-likeness (QED) is 0.387. The lowest BCUT2D eigenvalue weighted by atomic mass is 10.1. The smallest absolute Gasteiger partial charge is 0.261 e. The van der Waals surface area contributed by atoms with Crippen molar-refractivity contribution in [1.82, 2.24) is 0 Å². The van der Waals surface area contributed by atoms with Gasteiger partial charge in [-0.15, -0.1) is 0 Å². The molecule has 0 saturated heterocycles. The van der Waals surface area contributed by atoms with Gasteiger partial charge in [0.15, 0.2) is 0 Å². The summed E-state index contributed by atoms with van der Waals surface area (Å²) in [6.45, 7) is 5.08. The molecule has 36 heavy (non-hydrogen) atoms.